The molecule has 224 valence electrons. The van der Waals surface area contributed by atoms with Gasteiger partial charge in [0.15, 0.2) is 0 Å². The zero-order valence-corrected chi connectivity index (χ0v) is 26.9. The van der Waals surface area contributed by atoms with Gasteiger partial charge >= 0.3 is 0 Å². The molecule has 0 nitrogen and oxygen atoms in total. The van der Waals surface area contributed by atoms with E-state index in [1.54, 1.807) is 0 Å². The number of rotatable bonds is 3. The zero-order valence-electron chi connectivity index (χ0n) is 26.9. The fourth-order valence-corrected chi connectivity index (χ4v) is 7.91. The van der Waals surface area contributed by atoms with E-state index in [2.05, 4.69) is 185 Å². The minimum atomic E-state index is -0.0244. The Morgan fingerprint density at radius 1 is 0.362 bits per heavy atom. The smallest absolute Gasteiger partial charge is 0.0159 e. The summed E-state index contributed by atoms with van der Waals surface area (Å²) in [6, 6.07) is 58.4. The molecule has 1 aliphatic rings. The summed E-state index contributed by atoms with van der Waals surface area (Å²) in [6.07, 6.45) is 0. The molecule has 0 saturated heterocycles. The zero-order chi connectivity index (χ0) is 32.1. The van der Waals surface area contributed by atoms with Gasteiger partial charge in [-0.3, -0.25) is 0 Å². The molecule has 0 amide bonds. The van der Waals surface area contributed by atoms with Crippen molar-refractivity contribution in [1.29, 1.82) is 0 Å². The molecule has 0 spiro atoms. The molecule has 0 aliphatic heterocycles. The van der Waals surface area contributed by atoms with Gasteiger partial charge in [-0.15, -0.1) is 13.2 Å². The highest BCUT2D eigenvalue weighted by Crippen LogP contribution is 2.50. The number of hydrogen-bond donors (Lipinski definition) is 0. The summed E-state index contributed by atoms with van der Waals surface area (Å²) in [6.45, 7) is 10.7. The maximum atomic E-state index is 3.00. The first-order valence-corrected chi connectivity index (χ1v) is 16.4. The third kappa shape index (κ3) is 4.44. The molecule has 0 N–H and O–H groups in total. The molecule has 0 heterocycles. The van der Waals surface area contributed by atoms with Gasteiger partial charge in [0.25, 0.3) is 0 Å². The average Bonchev–Trinajstić information content (AvgIpc) is 3.37. The number of fused-ring (bicyclic) bond motifs is 6. The highest BCUT2D eigenvalue weighted by atomic mass is 14.4. The first kappa shape index (κ1) is 28.7. The first-order valence-electron chi connectivity index (χ1n) is 16.4. The maximum absolute atomic E-state index is 3.00. The summed E-state index contributed by atoms with van der Waals surface area (Å²) in [5.74, 6) is 0. The van der Waals surface area contributed by atoms with Gasteiger partial charge in [-0.2, -0.15) is 0 Å². The molecule has 0 radical (unpaired) electrons. The highest BCUT2D eigenvalue weighted by Gasteiger charge is 2.35. The second-order valence-electron chi connectivity index (χ2n) is 12.9. The average molecular weight is 601 g/mol. The highest BCUT2D eigenvalue weighted by molar-refractivity contribution is 6.23. The second kappa shape index (κ2) is 11.3. The lowest BCUT2D eigenvalue weighted by atomic mass is 9.81. The van der Waals surface area contributed by atoms with E-state index < -0.39 is 0 Å². The molecular formula is C47H36. The summed E-state index contributed by atoms with van der Waals surface area (Å²) >= 11 is 0. The third-order valence-corrected chi connectivity index (χ3v) is 10.1. The topological polar surface area (TPSA) is 0 Å². The van der Waals surface area contributed by atoms with Crippen LogP contribution < -0.4 is 0 Å². The maximum Gasteiger partial charge on any atom is 0.0159 e. The first-order chi connectivity index (χ1) is 23.1. The van der Waals surface area contributed by atoms with Crippen LogP contribution in [0.15, 0.2) is 171 Å². The van der Waals surface area contributed by atoms with E-state index in [0.29, 0.717) is 0 Å². The minimum absolute atomic E-state index is 0.0244. The molecule has 0 bridgehead atoms. The molecule has 8 aromatic rings. The van der Waals surface area contributed by atoms with Crippen LogP contribution in [-0.4, -0.2) is 0 Å². The van der Waals surface area contributed by atoms with Crippen molar-refractivity contribution in [1.82, 2.24) is 0 Å². The van der Waals surface area contributed by atoms with Gasteiger partial charge in [-0.25, -0.2) is 0 Å². The quantitative estimate of drug-likeness (QED) is 0.140. The molecule has 0 heteroatoms. The van der Waals surface area contributed by atoms with Crippen LogP contribution in [0.5, 0.6) is 0 Å². The molecule has 9 rings (SSSR count). The molecule has 0 aromatic heterocycles. The van der Waals surface area contributed by atoms with E-state index in [1.807, 2.05) is 0 Å². The van der Waals surface area contributed by atoms with Gasteiger partial charge in [-0.1, -0.05) is 159 Å². The van der Waals surface area contributed by atoms with Crippen molar-refractivity contribution in [3.8, 4) is 44.5 Å². The predicted molar refractivity (Wildman–Crippen MR) is 204 cm³/mol. The lowest BCUT2D eigenvalue weighted by Crippen LogP contribution is -2.14. The number of hydrogen-bond acceptors (Lipinski definition) is 0. The lowest BCUT2D eigenvalue weighted by molar-refractivity contribution is 0.660. The fourth-order valence-electron chi connectivity index (χ4n) is 7.91. The van der Waals surface area contributed by atoms with Crippen LogP contribution in [0.3, 0.4) is 0 Å². The molecule has 0 atom stereocenters. The van der Waals surface area contributed by atoms with Gasteiger partial charge in [-0.05, 0) is 100 Å². The standard InChI is InChI=1S/C45H32.C2H4/c1-45(2)41-24-10-9-18-34(41)35-26-25-31(28-42(35)45)30-15-11-16-32(27-30)43-37-19-5-7-21-39(37)44(40-22-8-6-20-38(40)43)36-23-12-14-29-13-3-4-17-33(29)36;1-2/h3-28H,1-2H3;1-2H2. The Labute approximate surface area is 277 Å². The van der Waals surface area contributed by atoms with Crippen LogP contribution in [0.4, 0.5) is 0 Å². The summed E-state index contributed by atoms with van der Waals surface area (Å²) in [5.41, 5.74) is 13.1. The fraction of sp³-hybridized carbons (Fsp3) is 0.0638. The van der Waals surface area contributed by atoms with E-state index >= 15 is 0 Å². The Kier molecular flexibility index (Phi) is 6.89. The lowest BCUT2D eigenvalue weighted by Gasteiger charge is -2.22. The van der Waals surface area contributed by atoms with Crippen molar-refractivity contribution in [3.63, 3.8) is 0 Å². The van der Waals surface area contributed by atoms with Crippen LogP contribution in [0.1, 0.15) is 25.0 Å². The van der Waals surface area contributed by atoms with E-state index in [-0.39, 0.29) is 5.41 Å². The van der Waals surface area contributed by atoms with Gasteiger partial charge < -0.3 is 0 Å². The van der Waals surface area contributed by atoms with Crippen molar-refractivity contribution < 1.29 is 0 Å². The largest absolute Gasteiger partial charge is 0.106 e. The van der Waals surface area contributed by atoms with Crippen LogP contribution in [0.2, 0.25) is 0 Å². The summed E-state index contributed by atoms with van der Waals surface area (Å²) < 4.78 is 0. The van der Waals surface area contributed by atoms with Crippen molar-refractivity contribution >= 4 is 32.3 Å². The summed E-state index contributed by atoms with van der Waals surface area (Å²) in [4.78, 5) is 0. The summed E-state index contributed by atoms with van der Waals surface area (Å²) in [5, 5.41) is 7.67. The summed E-state index contributed by atoms with van der Waals surface area (Å²) in [7, 11) is 0. The van der Waals surface area contributed by atoms with Crippen LogP contribution in [-0.2, 0) is 5.41 Å². The van der Waals surface area contributed by atoms with Crippen LogP contribution in [0.25, 0.3) is 76.8 Å². The van der Waals surface area contributed by atoms with Gasteiger partial charge in [0.1, 0.15) is 0 Å². The van der Waals surface area contributed by atoms with E-state index in [4.69, 9.17) is 0 Å². The molecular weight excluding hydrogens is 565 g/mol. The monoisotopic (exact) mass is 600 g/mol. The van der Waals surface area contributed by atoms with Crippen molar-refractivity contribution in [2.24, 2.45) is 0 Å². The second-order valence-corrected chi connectivity index (χ2v) is 12.9. The Morgan fingerprint density at radius 2 is 0.851 bits per heavy atom. The molecule has 0 unspecified atom stereocenters. The van der Waals surface area contributed by atoms with E-state index in [9.17, 15) is 0 Å². The van der Waals surface area contributed by atoms with Crippen molar-refractivity contribution in [2.75, 3.05) is 0 Å². The molecule has 47 heavy (non-hydrogen) atoms. The molecule has 8 aromatic carbocycles. The Bertz CT molecular complexity index is 2410. The normalized spacial score (nSPS) is 12.8. The van der Waals surface area contributed by atoms with Gasteiger partial charge in [0, 0.05) is 5.41 Å². The van der Waals surface area contributed by atoms with E-state index in [1.165, 1.54) is 88.0 Å². The Hall–Kier alpha value is -5.72. The van der Waals surface area contributed by atoms with Crippen molar-refractivity contribution in [3.05, 3.63) is 182 Å². The third-order valence-electron chi connectivity index (χ3n) is 10.1. The minimum Gasteiger partial charge on any atom is -0.106 e. The Morgan fingerprint density at radius 3 is 1.57 bits per heavy atom. The molecule has 1 aliphatic carbocycles. The Balaban J connectivity index is 0.00000159. The predicted octanol–water partition coefficient (Wildman–Crippen LogP) is 13.3. The van der Waals surface area contributed by atoms with E-state index in [0.717, 1.165) is 0 Å². The van der Waals surface area contributed by atoms with Crippen LogP contribution >= 0.6 is 0 Å². The number of benzene rings is 8. The van der Waals surface area contributed by atoms with Crippen molar-refractivity contribution in [2.45, 2.75) is 19.3 Å². The van der Waals surface area contributed by atoms with Crippen LogP contribution in [0, 0.1) is 0 Å². The molecule has 0 fully saturated rings. The SMILES string of the molecule is C=C.CC1(C)c2ccccc2-c2ccc(-c3cccc(-c4c5ccccc5c(-c5cccc6ccccc56)c5ccccc45)c3)cc21. The van der Waals surface area contributed by atoms with Gasteiger partial charge in [0.2, 0.25) is 0 Å². The van der Waals surface area contributed by atoms with Gasteiger partial charge in [0.05, 0.1) is 0 Å². The molecule has 0 saturated carbocycles.